The molecule has 7 heteroatoms. The van der Waals surface area contributed by atoms with Crippen molar-refractivity contribution in [1.29, 1.82) is 0 Å². The van der Waals surface area contributed by atoms with Gasteiger partial charge in [-0.2, -0.15) is 4.98 Å². The first-order chi connectivity index (χ1) is 8.61. The van der Waals surface area contributed by atoms with Crippen LogP contribution in [0.25, 0.3) is 10.8 Å². The first kappa shape index (κ1) is 12.4. The van der Waals surface area contributed by atoms with E-state index in [4.69, 9.17) is 4.74 Å². The zero-order valence-electron chi connectivity index (χ0n) is 9.88. The summed E-state index contributed by atoms with van der Waals surface area (Å²) >= 11 is 1.37. The topological polar surface area (TPSA) is 85.2 Å². The van der Waals surface area contributed by atoms with Gasteiger partial charge in [0.15, 0.2) is 10.8 Å². The van der Waals surface area contributed by atoms with Crippen molar-refractivity contribution in [3.8, 4) is 16.7 Å². The number of carbonyl (C=O) groups is 1. The molecule has 2 rings (SSSR count). The molecule has 2 heterocycles. The van der Waals surface area contributed by atoms with Crippen LogP contribution in [0.5, 0.6) is 5.88 Å². The fourth-order valence-electron chi connectivity index (χ4n) is 1.29. The van der Waals surface area contributed by atoms with E-state index < -0.39 is 11.8 Å². The second-order valence-corrected chi connectivity index (χ2v) is 4.30. The average Bonchev–Trinajstić information content (AvgIpc) is 2.76. The van der Waals surface area contributed by atoms with Crippen LogP contribution in [-0.4, -0.2) is 32.6 Å². The number of aromatic hydroxyl groups is 1. The summed E-state index contributed by atoms with van der Waals surface area (Å²) in [5.74, 6) is -0.748. The van der Waals surface area contributed by atoms with Crippen molar-refractivity contribution >= 4 is 17.3 Å². The lowest BCUT2D eigenvalue weighted by molar-refractivity contribution is 0.0521. The lowest BCUT2D eigenvalue weighted by atomic mass is 10.3. The highest BCUT2D eigenvalue weighted by Gasteiger charge is 2.16. The van der Waals surface area contributed by atoms with Gasteiger partial charge in [-0.05, 0) is 13.8 Å². The summed E-state index contributed by atoms with van der Waals surface area (Å²) in [5, 5.41) is 12.1. The van der Waals surface area contributed by atoms with E-state index in [1.165, 1.54) is 17.5 Å². The van der Waals surface area contributed by atoms with Crippen LogP contribution in [0, 0.1) is 6.92 Å². The maximum Gasteiger partial charge on any atom is 0.345 e. The second-order valence-electron chi connectivity index (χ2n) is 3.45. The number of aryl methyl sites for hydroxylation is 1. The highest BCUT2D eigenvalue weighted by Crippen LogP contribution is 2.23. The highest BCUT2D eigenvalue weighted by molar-refractivity contribution is 7.13. The van der Waals surface area contributed by atoms with Crippen LogP contribution < -0.4 is 0 Å². The predicted molar refractivity (Wildman–Crippen MR) is 65.5 cm³/mol. The second kappa shape index (κ2) is 5.09. The molecule has 0 aromatic carbocycles. The molecule has 0 saturated carbocycles. The van der Waals surface area contributed by atoms with Crippen LogP contribution in [0.3, 0.4) is 0 Å². The van der Waals surface area contributed by atoms with Gasteiger partial charge in [-0.25, -0.2) is 14.8 Å². The van der Waals surface area contributed by atoms with Crippen LogP contribution >= 0.6 is 11.3 Å². The van der Waals surface area contributed by atoms with E-state index in [0.717, 1.165) is 5.69 Å². The van der Waals surface area contributed by atoms with Crippen molar-refractivity contribution in [1.82, 2.24) is 15.0 Å². The van der Waals surface area contributed by atoms with E-state index in [2.05, 4.69) is 15.0 Å². The number of thiazole rings is 1. The maximum absolute atomic E-state index is 11.4. The van der Waals surface area contributed by atoms with E-state index in [9.17, 15) is 9.90 Å². The molecule has 0 fully saturated rings. The predicted octanol–water partition coefficient (Wildman–Crippen LogP) is 1.79. The Hall–Kier alpha value is -2.02. The maximum atomic E-state index is 11.4. The largest absolute Gasteiger partial charge is 0.493 e. The Labute approximate surface area is 107 Å². The number of hydrogen-bond acceptors (Lipinski definition) is 7. The number of aromatic nitrogens is 3. The Morgan fingerprint density at radius 1 is 1.50 bits per heavy atom. The summed E-state index contributed by atoms with van der Waals surface area (Å²) in [4.78, 5) is 23.5. The van der Waals surface area contributed by atoms with Gasteiger partial charge in [0, 0.05) is 17.3 Å². The molecule has 0 atom stereocenters. The van der Waals surface area contributed by atoms with E-state index in [1.54, 1.807) is 6.92 Å². The third-order valence-corrected chi connectivity index (χ3v) is 3.03. The van der Waals surface area contributed by atoms with E-state index in [0.29, 0.717) is 10.8 Å². The fraction of sp³-hybridized carbons (Fsp3) is 0.273. The molecule has 0 saturated heterocycles. The van der Waals surface area contributed by atoms with Gasteiger partial charge < -0.3 is 9.84 Å². The van der Waals surface area contributed by atoms with Crippen molar-refractivity contribution in [3.63, 3.8) is 0 Å². The van der Waals surface area contributed by atoms with Crippen molar-refractivity contribution in [2.75, 3.05) is 6.61 Å². The minimum Gasteiger partial charge on any atom is -0.493 e. The number of rotatable bonds is 3. The van der Waals surface area contributed by atoms with Crippen LogP contribution in [0.4, 0.5) is 0 Å². The van der Waals surface area contributed by atoms with Gasteiger partial charge in [0.2, 0.25) is 5.88 Å². The van der Waals surface area contributed by atoms with Gasteiger partial charge in [0.25, 0.3) is 0 Å². The van der Waals surface area contributed by atoms with Gasteiger partial charge in [-0.1, -0.05) is 0 Å². The third kappa shape index (κ3) is 2.45. The molecular formula is C11H11N3O3S. The molecule has 18 heavy (non-hydrogen) atoms. The summed E-state index contributed by atoms with van der Waals surface area (Å²) in [6.45, 7) is 3.76. The van der Waals surface area contributed by atoms with Crippen molar-refractivity contribution < 1.29 is 14.6 Å². The van der Waals surface area contributed by atoms with Crippen molar-refractivity contribution in [3.05, 3.63) is 22.8 Å². The molecule has 0 aliphatic rings. The molecule has 1 N–H and O–H groups in total. The number of carbonyl (C=O) groups excluding carboxylic acids is 1. The first-order valence-corrected chi connectivity index (χ1v) is 6.15. The zero-order valence-corrected chi connectivity index (χ0v) is 10.7. The number of ether oxygens (including phenoxy) is 1. The monoisotopic (exact) mass is 265 g/mol. The molecule has 0 radical (unpaired) electrons. The summed E-state index contributed by atoms with van der Waals surface area (Å²) in [6, 6.07) is 0. The summed E-state index contributed by atoms with van der Waals surface area (Å²) in [7, 11) is 0. The molecule has 0 amide bonds. The Morgan fingerprint density at radius 3 is 2.83 bits per heavy atom. The van der Waals surface area contributed by atoms with E-state index in [1.807, 2.05) is 12.3 Å². The van der Waals surface area contributed by atoms with Crippen molar-refractivity contribution in [2.24, 2.45) is 0 Å². The molecule has 94 valence electrons. The molecule has 2 aromatic heterocycles. The van der Waals surface area contributed by atoms with E-state index in [-0.39, 0.29) is 12.2 Å². The van der Waals surface area contributed by atoms with Crippen LogP contribution in [0.1, 0.15) is 23.0 Å². The normalized spacial score (nSPS) is 10.3. The summed E-state index contributed by atoms with van der Waals surface area (Å²) in [5.41, 5.74) is 0.807. The van der Waals surface area contributed by atoms with Gasteiger partial charge in [0.05, 0.1) is 6.61 Å². The van der Waals surface area contributed by atoms with Crippen LogP contribution in [0.2, 0.25) is 0 Å². The van der Waals surface area contributed by atoms with Gasteiger partial charge in [-0.3, -0.25) is 0 Å². The Bertz CT molecular complexity index is 583. The summed E-state index contributed by atoms with van der Waals surface area (Å²) in [6.07, 6.45) is 1.24. The van der Waals surface area contributed by atoms with Gasteiger partial charge in [0.1, 0.15) is 5.56 Å². The molecule has 0 aliphatic heterocycles. The Morgan fingerprint density at radius 2 is 2.28 bits per heavy atom. The summed E-state index contributed by atoms with van der Waals surface area (Å²) < 4.78 is 4.77. The lowest BCUT2D eigenvalue weighted by Gasteiger charge is -2.03. The fourth-order valence-corrected chi connectivity index (χ4v) is 2.02. The SMILES string of the molecule is CCOC(=O)c1cnc(-c2nc(C)cs2)nc1O. The quantitative estimate of drug-likeness (QED) is 0.851. The lowest BCUT2D eigenvalue weighted by Crippen LogP contribution is -2.07. The van der Waals surface area contributed by atoms with E-state index >= 15 is 0 Å². The molecule has 2 aromatic rings. The highest BCUT2D eigenvalue weighted by atomic mass is 32.1. The Kier molecular flexibility index (Phi) is 3.52. The standard InChI is InChI=1S/C11H11N3O3S/c1-3-17-11(16)7-4-12-8(14-9(7)15)10-13-6(2)5-18-10/h4-5H,3H2,1-2H3,(H,12,14,15). The molecular weight excluding hydrogens is 254 g/mol. The van der Waals surface area contributed by atoms with Gasteiger partial charge in [-0.15, -0.1) is 11.3 Å². The first-order valence-electron chi connectivity index (χ1n) is 5.27. The number of hydrogen-bond donors (Lipinski definition) is 1. The Balaban J connectivity index is 2.33. The van der Waals surface area contributed by atoms with Gasteiger partial charge >= 0.3 is 5.97 Å². The average molecular weight is 265 g/mol. The number of nitrogens with zero attached hydrogens (tertiary/aromatic N) is 3. The molecule has 0 aliphatic carbocycles. The van der Waals surface area contributed by atoms with Crippen molar-refractivity contribution in [2.45, 2.75) is 13.8 Å². The zero-order chi connectivity index (χ0) is 13.1. The number of esters is 1. The smallest absolute Gasteiger partial charge is 0.345 e. The minimum atomic E-state index is -0.642. The molecule has 0 bridgehead atoms. The van der Waals surface area contributed by atoms with Crippen LogP contribution in [-0.2, 0) is 4.74 Å². The third-order valence-electron chi connectivity index (χ3n) is 2.07. The minimum absolute atomic E-state index is 0.0473. The van der Waals surface area contributed by atoms with Crippen LogP contribution in [0.15, 0.2) is 11.6 Å². The molecule has 6 nitrogen and oxygen atoms in total. The molecule has 0 spiro atoms. The molecule has 0 unspecified atom stereocenters.